The number of carbonyl (C=O) groups is 1. The summed E-state index contributed by atoms with van der Waals surface area (Å²) < 4.78 is 0. The van der Waals surface area contributed by atoms with E-state index >= 15 is 0 Å². The van der Waals surface area contributed by atoms with Gasteiger partial charge in [0.1, 0.15) is 0 Å². The predicted octanol–water partition coefficient (Wildman–Crippen LogP) is -0.577. The predicted molar refractivity (Wildman–Crippen MR) is 34.8 cm³/mol. The Morgan fingerprint density at radius 3 is 2.78 bits per heavy atom. The summed E-state index contributed by atoms with van der Waals surface area (Å²) in [7, 11) is 0. The monoisotopic (exact) mass is 128 g/mol. The van der Waals surface area contributed by atoms with E-state index in [-0.39, 0.29) is 5.92 Å². The van der Waals surface area contributed by atoms with Crippen LogP contribution in [-0.2, 0) is 4.79 Å². The zero-order valence-electron chi connectivity index (χ0n) is 5.63. The molecular formula is C6H12N2O. The van der Waals surface area contributed by atoms with Crippen molar-refractivity contribution in [1.82, 2.24) is 4.90 Å². The van der Waals surface area contributed by atoms with Crippen LogP contribution in [-0.4, -0.2) is 30.4 Å². The molecule has 3 heteroatoms. The lowest BCUT2D eigenvalue weighted by molar-refractivity contribution is -0.119. The van der Waals surface area contributed by atoms with Gasteiger partial charge in [0.05, 0.1) is 6.54 Å². The first-order chi connectivity index (χ1) is 4.24. The number of carbonyl (C=O) groups excluding carboxylic acids is 1. The lowest BCUT2D eigenvalue weighted by Crippen LogP contribution is -2.27. The molecule has 52 valence electrons. The van der Waals surface area contributed by atoms with Crippen LogP contribution in [0.5, 0.6) is 0 Å². The molecule has 0 spiro atoms. The second kappa shape index (κ2) is 2.45. The van der Waals surface area contributed by atoms with Crippen molar-refractivity contribution in [2.45, 2.75) is 6.92 Å². The maximum atomic E-state index is 10.8. The van der Waals surface area contributed by atoms with Crippen molar-refractivity contribution in [2.24, 2.45) is 11.7 Å². The van der Waals surface area contributed by atoms with E-state index in [1.807, 2.05) is 11.8 Å². The summed E-state index contributed by atoms with van der Waals surface area (Å²) in [5, 5.41) is 0. The minimum atomic E-state index is 0.202. The third-order valence-electron chi connectivity index (χ3n) is 1.72. The van der Waals surface area contributed by atoms with E-state index in [1.54, 1.807) is 0 Å². The van der Waals surface area contributed by atoms with Gasteiger partial charge in [0.15, 0.2) is 5.78 Å². The zero-order chi connectivity index (χ0) is 6.85. The van der Waals surface area contributed by atoms with E-state index in [4.69, 9.17) is 5.73 Å². The summed E-state index contributed by atoms with van der Waals surface area (Å²) in [5.74, 6) is 0.522. The molecule has 0 amide bonds. The van der Waals surface area contributed by atoms with E-state index in [1.165, 1.54) is 0 Å². The molecule has 0 aromatic rings. The molecule has 1 fully saturated rings. The summed E-state index contributed by atoms with van der Waals surface area (Å²) >= 11 is 0. The maximum absolute atomic E-state index is 10.8. The third-order valence-corrected chi connectivity index (χ3v) is 1.72. The van der Waals surface area contributed by atoms with Gasteiger partial charge in [0.25, 0.3) is 0 Å². The van der Waals surface area contributed by atoms with E-state index in [2.05, 4.69) is 0 Å². The van der Waals surface area contributed by atoms with Gasteiger partial charge < -0.3 is 5.73 Å². The van der Waals surface area contributed by atoms with Gasteiger partial charge in [-0.05, 0) is 0 Å². The summed E-state index contributed by atoms with van der Waals surface area (Å²) in [6, 6.07) is 0. The van der Waals surface area contributed by atoms with Crippen molar-refractivity contribution in [3.63, 3.8) is 0 Å². The molecule has 1 unspecified atom stereocenters. The molecule has 0 aromatic heterocycles. The van der Waals surface area contributed by atoms with Crippen LogP contribution in [0.2, 0.25) is 0 Å². The second-order valence-corrected chi connectivity index (χ2v) is 2.56. The molecule has 0 aromatic carbocycles. The molecule has 0 saturated carbocycles. The van der Waals surface area contributed by atoms with E-state index in [9.17, 15) is 4.79 Å². The van der Waals surface area contributed by atoms with Crippen molar-refractivity contribution in [2.75, 3.05) is 19.8 Å². The average molecular weight is 128 g/mol. The van der Waals surface area contributed by atoms with Gasteiger partial charge in [-0.15, -0.1) is 0 Å². The number of ketones is 1. The fourth-order valence-electron chi connectivity index (χ4n) is 1.07. The Morgan fingerprint density at radius 1 is 1.89 bits per heavy atom. The Labute approximate surface area is 54.8 Å². The van der Waals surface area contributed by atoms with Gasteiger partial charge in [0, 0.05) is 19.1 Å². The van der Waals surface area contributed by atoms with Gasteiger partial charge in [-0.3, -0.25) is 9.69 Å². The van der Waals surface area contributed by atoms with E-state index in [0.717, 1.165) is 6.54 Å². The number of Topliss-reactive ketones (excluding diaryl/α,β-unsaturated/α-hetero) is 1. The highest BCUT2D eigenvalue weighted by atomic mass is 16.1. The molecule has 0 bridgehead atoms. The molecule has 1 heterocycles. The highest BCUT2D eigenvalue weighted by Crippen LogP contribution is 2.08. The molecule has 1 saturated heterocycles. The highest BCUT2D eigenvalue weighted by molar-refractivity contribution is 5.84. The van der Waals surface area contributed by atoms with Crippen LogP contribution in [0.15, 0.2) is 0 Å². The standard InChI is InChI=1S/C6H12N2O/c1-5-2-8(4-7)3-6(5)9/h5H,2-4,7H2,1H3. The number of rotatable bonds is 1. The number of hydrogen-bond donors (Lipinski definition) is 1. The first-order valence-corrected chi connectivity index (χ1v) is 3.19. The van der Waals surface area contributed by atoms with Crippen molar-refractivity contribution < 1.29 is 4.79 Å². The Balaban J connectivity index is 2.44. The summed E-state index contributed by atoms with van der Waals surface area (Å²) in [6.45, 7) is 3.85. The second-order valence-electron chi connectivity index (χ2n) is 2.56. The smallest absolute Gasteiger partial charge is 0.150 e. The normalized spacial score (nSPS) is 29.6. The Kier molecular flexibility index (Phi) is 1.83. The van der Waals surface area contributed by atoms with Gasteiger partial charge in [-0.1, -0.05) is 6.92 Å². The Bertz CT molecular complexity index is 124. The molecule has 1 atom stereocenters. The van der Waals surface area contributed by atoms with Crippen molar-refractivity contribution in [3.8, 4) is 0 Å². The number of likely N-dealkylation sites (tertiary alicyclic amines) is 1. The van der Waals surface area contributed by atoms with Gasteiger partial charge in [0.2, 0.25) is 0 Å². The molecule has 1 rings (SSSR count). The third kappa shape index (κ3) is 1.28. The Morgan fingerprint density at radius 2 is 2.56 bits per heavy atom. The van der Waals surface area contributed by atoms with Crippen LogP contribution < -0.4 is 5.73 Å². The fraction of sp³-hybridized carbons (Fsp3) is 0.833. The molecule has 2 N–H and O–H groups in total. The fourth-order valence-corrected chi connectivity index (χ4v) is 1.07. The minimum absolute atomic E-state index is 0.202. The lowest BCUT2D eigenvalue weighted by atomic mass is 10.1. The van der Waals surface area contributed by atoms with Gasteiger partial charge in [-0.2, -0.15) is 0 Å². The summed E-state index contributed by atoms with van der Waals surface area (Å²) in [6.07, 6.45) is 0. The number of nitrogens with two attached hydrogens (primary N) is 1. The molecule has 9 heavy (non-hydrogen) atoms. The summed E-state index contributed by atoms with van der Waals surface area (Å²) in [5.41, 5.74) is 5.33. The molecular weight excluding hydrogens is 116 g/mol. The molecule has 1 aliphatic heterocycles. The van der Waals surface area contributed by atoms with Crippen LogP contribution in [0.4, 0.5) is 0 Å². The first-order valence-electron chi connectivity index (χ1n) is 3.19. The van der Waals surface area contributed by atoms with Crippen molar-refractivity contribution in [3.05, 3.63) is 0 Å². The van der Waals surface area contributed by atoms with Crippen LogP contribution in [0.25, 0.3) is 0 Å². The molecule has 1 aliphatic rings. The van der Waals surface area contributed by atoms with Crippen molar-refractivity contribution in [1.29, 1.82) is 0 Å². The van der Waals surface area contributed by atoms with E-state index < -0.39 is 0 Å². The average Bonchev–Trinajstić information content (AvgIpc) is 2.13. The SMILES string of the molecule is CC1CN(CN)CC1=O. The van der Waals surface area contributed by atoms with E-state index in [0.29, 0.717) is 19.0 Å². The maximum Gasteiger partial charge on any atom is 0.150 e. The summed E-state index contributed by atoms with van der Waals surface area (Å²) in [4.78, 5) is 12.8. The molecule has 0 aliphatic carbocycles. The quantitative estimate of drug-likeness (QED) is 0.514. The highest BCUT2D eigenvalue weighted by Gasteiger charge is 2.25. The van der Waals surface area contributed by atoms with Crippen LogP contribution in [0.3, 0.4) is 0 Å². The van der Waals surface area contributed by atoms with Gasteiger partial charge in [-0.25, -0.2) is 0 Å². The largest absolute Gasteiger partial charge is 0.318 e. The molecule has 3 nitrogen and oxygen atoms in total. The zero-order valence-corrected chi connectivity index (χ0v) is 5.63. The van der Waals surface area contributed by atoms with Crippen LogP contribution in [0.1, 0.15) is 6.92 Å². The number of hydrogen-bond acceptors (Lipinski definition) is 3. The minimum Gasteiger partial charge on any atom is -0.318 e. The number of nitrogens with zero attached hydrogens (tertiary/aromatic N) is 1. The van der Waals surface area contributed by atoms with Crippen LogP contribution >= 0.6 is 0 Å². The lowest BCUT2D eigenvalue weighted by Gasteiger charge is -2.08. The topological polar surface area (TPSA) is 46.3 Å². The van der Waals surface area contributed by atoms with Crippen LogP contribution in [0, 0.1) is 5.92 Å². The molecule has 0 radical (unpaired) electrons. The van der Waals surface area contributed by atoms with Crippen molar-refractivity contribution >= 4 is 5.78 Å². The van der Waals surface area contributed by atoms with Gasteiger partial charge >= 0.3 is 0 Å². The first kappa shape index (κ1) is 6.71. The Hall–Kier alpha value is -0.410.